The number of Topliss-reactive ketones (excluding diaryl/α,β-unsaturated/α-hetero) is 2. The summed E-state index contributed by atoms with van der Waals surface area (Å²) in [5, 5.41) is 0.198. The van der Waals surface area contributed by atoms with E-state index in [1.165, 1.54) is 51.9 Å². The van der Waals surface area contributed by atoms with E-state index in [-0.39, 0.29) is 22.1 Å². The highest BCUT2D eigenvalue weighted by Gasteiger charge is 2.35. The van der Waals surface area contributed by atoms with Crippen LogP contribution in [-0.4, -0.2) is 17.5 Å². The minimum Gasteiger partial charge on any atom is -0.422 e. The van der Waals surface area contributed by atoms with Crippen LogP contribution in [-0.2, 0) is 9.53 Å². The molecular formula is C24H31ClO4. The molecular weight excluding hydrogens is 388 g/mol. The number of halogens is 1. The maximum Gasteiger partial charge on any atom is 0.308 e. The number of carbonyl (C=O) groups excluding carboxylic acids is 3. The van der Waals surface area contributed by atoms with Crippen molar-refractivity contribution in [2.45, 2.75) is 84.5 Å². The number of carbonyl (C=O) groups is 3. The molecule has 158 valence electrons. The van der Waals surface area contributed by atoms with E-state index in [0.29, 0.717) is 17.6 Å². The Morgan fingerprint density at radius 1 is 0.897 bits per heavy atom. The van der Waals surface area contributed by atoms with E-state index >= 15 is 0 Å². The molecule has 1 aliphatic rings. The van der Waals surface area contributed by atoms with E-state index in [9.17, 15) is 14.4 Å². The smallest absolute Gasteiger partial charge is 0.308 e. The van der Waals surface area contributed by atoms with Crippen LogP contribution < -0.4 is 0 Å². The third kappa shape index (κ3) is 6.53. The van der Waals surface area contributed by atoms with Gasteiger partial charge < -0.3 is 4.74 Å². The first kappa shape index (κ1) is 23.3. The Kier molecular flexibility index (Phi) is 9.59. The van der Waals surface area contributed by atoms with Crippen molar-refractivity contribution in [1.29, 1.82) is 0 Å². The van der Waals surface area contributed by atoms with Crippen molar-refractivity contribution in [3.05, 3.63) is 45.7 Å². The number of benzene rings is 1. The summed E-state index contributed by atoms with van der Waals surface area (Å²) < 4.78 is 5.15. The predicted molar refractivity (Wildman–Crippen MR) is 115 cm³/mol. The van der Waals surface area contributed by atoms with Gasteiger partial charge >= 0.3 is 5.97 Å². The zero-order valence-corrected chi connectivity index (χ0v) is 18.3. The molecule has 0 saturated heterocycles. The molecule has 0 saturated carbocycles. The van der Waals surface area contributed by atoms with Crippen LogP contribution in [0.5, 0.6) is 0 Å². The summed E-state index contributed by atoms with van der Waals surface area (Å²) in [7, 11) is 0. The van der Waals surface area contributed by atoms with Crippen LogP contribution in [0.15, 0.2) is 29.5 Å². The van der Waals surface area contributed by atoms with Gasteiger partial charge in [-0.15, -0.1) is 0 Å². The van der Waals surface area contributed by atoms with Crippen molar-refractivity contribution in [3.8, 4) is 0 Å². The first-order chi connectivity index (χ1) is 14.0. The SMILES string of the molecule is CCCCCCCCCCCCC1=C(OC(C)=O)C(=O)c2c(Cl)cccc2C1=O. The summed E-state index contributed by atoms with van der Waals surface area (Å²) in [6.45, 7) is 3.45. The molecule has 1 aliphatic carbocycles. The molecule has 0 N–H and O–H groups in total. The maximum absolute atomic E-state index is 12.9. The Labute approximate surface area is 178 Å². The monoisotopic (exact) mass is 418 g/mol. The van der Waals surface area contributed by atoms with E-state index in [1.54, 1.807) is 18.2 Å². The quantitative estimate of drug-likeness (QED) is 0.275. The average molecular weight is 419 g/mol. The van der Waals surface area contributed by atoms with Crippen LogP contribution in [0.4, 0.5) is 0 Å². The molecule has 0 aliphatic heterocycles. The second kappa shape index (κ2) is 11.9. The van der Waals surface area contributed by atoms with Gasteiger partial charge in [0.25, 0.3) is 0 Å². The number of unbranched alkanes of at least 4 members (excludes halogenated alkanes) is 9. The number of hydrogen-bond acceptors (Lipinski definition) is 4. The minimum atomic E-state index is -0.614. The number of rotatable bonds is 12. The fourth-order valence-corrected chi connectivity index (χ4v) is 3.99. The molecule has 0 amide bonds. The molecule has 0 spiro atoms. The predicted octanol–water partition coefficient (Wildman–Crippen LogP) is 6.85. The molecule has 2 rings (SSSR count). The van der Waals surface area contributed by atoms with Crippen molar-refractivity contribution in [3.63, 3.8) is 0 Å². The van der Waals surface area contributed by atoms with Gasteiger partial charge in [-0.3, -0.25) is 14.4 Å². The second-order valence-corrected chi connectivity index (χ2v) is 8.06. The lowest BCUT2D eigenvalue weighted by molar-refractivity contribution is -0.136. The number of hydrogen-bond donors (Lipinski definition) is 0. The number of esters is 1. The maximum atomic E-state index is 12.9. The first-order valence-electron chi connectivity index (χ1n) is 10.8. The van der Waals surface area contributed by atoms with Crippen molar-refractivity contribution >= 4 is 29.1 Å². The van der Waals surface area contributed by atoms with Crippen LogP contribution in [0.3, 0.4) is 0 Å². The number of ketones is 2. The van der Waals surface area contributed by atoms with Crippen molar-refractivity contribution in [2.75, 3.05) is 0 Å². The molecule has 0 atom stereocenters. The number of allylic oxidation sites excluding steroid dienone is 2. The lowest BCUT2D eigenvalue weighted by Crippen LogP contribution is -2.25. The van der Waals surface area contributed by atoms with E-state index in [0.717, 1.165) is 19.3 Å². The van der Waals surface area contributed by atoms with Crippen molar-refractivity contribution in [2.24, 2.45) is 0 Å². The molecule has 0 aromatic heterocycles. The third-order valence-corrected chi connectivity index (χ3v) is 5.58. The molecule has 29 heavy (non-hydrogen) atoms. The molecule has 0 unspecified atom stereocenters. The van der Waals surface area contributed by atoms with Gasteiger partial charge in [-0.25, -0.2) is 0 Å². The van der Waals surface area contributed by atoms with Crippen LogP contribution in [0.25, 0.3) is 0 Å². The molecule has 5 heteroatoms. The molecule has 4 nitrogen and oxygen atoms in total. The largest absolute Gasteiger partial charge is 0.422 e. The summed E-state index contributed by atoms with van der Waals surface area (Å²) in [5.41, 5.74) is 0.710. The summed E-state index contributed by atoms with van der Waals surface area (Å²) in [6, 6.07) is 4.82. The van der Waals surface area contributed by atoms with Crippen molar-refractivity contribution in [1.82, 2.24) is 0 Å². The van der Waals surface area contributed by atoms with E-state index in [2.05, 4.69) is 6.92 Å². The van der Waals surface area contributed by atoms with Crippen molar-refractivity contribution < 1.29 is 19.1 Å². The number of fused-ring (bicyclic) bond motifs is 1. The van der Waals surface area contributed by atoms with Gasteiger partial charge in [-0.1, -0.05) is 88.4 Å². The Hall–Kier alpha value is -1.94. The molecule has 0 radical (unpaired) electrons. The molecule has 1 aromatic rings. The standard InChI is InChI=1S/C24H31ClO4/c1-3-4-5-6-7-8-9-10-11-12-14-19-22(27)18-15-13-16-20(25)21(18)23(28)24(19)29-17(2)26/h13,15-16H,3-12,14H2,1-2H3. The Balaban J connectivity index is 1.94. The summed E-state index contributed by atoms with van der Waals surface area (Å²) >= 11 is 6.13. The molecule has 0 bridgehead atoms. The summed E-state index contributed by atoms with van der Waals surface area (Å²) in [4.78, 5) is 37.3. The highest BCUT2D eigenvalue weighted by Crippen LogP contribution is 2.33. The van der Waals surface area contributed by atoms with Crippen LogP contribution in [0.1, 0.15) is 105 Å². The molecule has 0 heterocycles. The van der Waals surface area contributed by atoms with Gasteiger partial charge in [0.1, 0.15) is 0 Å². The Morgan fingerprint density at radius 2 is 1.48 bits per heavy atom. The summed E-state index contributed by atoms with van der Waals surface area (Å²) in [5.74, 6) is -1.52. The van der Waals surface area contributed by atoms with Gasteiger partial charge in [0.05, 0.1) is 10.6 Å². The van der Waals surface area contributed by atoms with Gasteiger partial charge in [0.2, 0.25) is 5.78 Å². The van der Waals surface area contributed by atoms with Crippen LogP contribution >= 0.6 is 11.6 Å². The Bertz CT molecular complexity index is 779. The lowest BCUT2D eigenvalue weighted by atomic mass is 9.85. The zero-order valence-electron chi connectivity index (χ0n) is 17.5. The lowest BCUT2D eigenvalue weighted by Gasteiger charge is -2.21. The highest BCUT2D eigenvalue weighted by molar-refractivity contribution is 6.38. The van der Waals surface area contributed by atoms with Crippen LogP contribution in [0, 0.1) is 0 Å². The van der Waals surface area contributed by atoms with Crippen LogP contribution in [0.2, 0.25) is 5.02 Å². The zero-order chi connectivity index (χ0) is 21.2. The first-order valence-corrected chi connectivity index (χ1v) is 11.1. The second-order valence-electron chi connectivity index (χ2n) is 7.65. The van der Waals surface area contributed by atoms with Gasteiger partial charge in [0.15, 0.2) is 11.5 Å². The van der Waals surface area contributed by atoms with E-state index in [1.807, 2.05) is 0 Å². The summed E-state index contributed by atoms with van der Waals surface area (Å²) in [6.07, 6.45) is 12.2. The van der Waals surface area contributed by atoms with E-state index < -0.39 is 11.8 Å². The van der Waals surface area contributed by atoms with Gasteiger partial charge in [0, 0.05) is 18.1 Å². The fourth-order valence-electron chi connectivity index (χ4n) is 3.73. The third-order valence-electron chi connectivity index (χ3n) is 5.27. The number of ether oxygens (including phenoxy) is 1. The van der Waals surface area contributed by atoms with Gasteiger partial charge in [-0.2, -0.15) is 0 Å². The molecule has 0 fully saturated rings. The fraction of sp³-hybridized carbons (Fsp3) is 0.542. The average Bonchev–Trinajstić information content (AvgIpc) is 2.68. The van der Waals surface area contributed by atoms with E-state index in [4.69, 9.17) is 16.3 Å². The topological polar surface area (TPSA) is 60.4 Å². The highest BCUT2D eigenvalue weighted by atomic mass is 35.5. The molecule has 1 aromatic carbocycles. The Morgan fingerprint density at radius 3 is 2.07 bits per heavy atom. The normalized spacial score (nSPS) is 13.6. The minimum absolute atomic E-state index is 0.127. The van der Waals surface area contributed by atoms with Gasteiger partial charge in [-0.05, 0) is 18.9 Å².